The predicted molar refractivity (Wildman–Crippen MR) is 67.9 cm³/mol. The van der Waals surface area contributed by atoms with Gasteiger partial charge in [-0.05, 0) is 26.9 Å². The molecular weight excluding hydrogens is 220 g/mol. The summed E-state index contributed by atoms with van der Waals surface area (Å²) in [6, 6.07) is -0.374. The van der Waals surface area contributed by atoms with Crippen LogP contribution in [0.2, 0.25) is 0 Å². The van der Waals surface area contributed by atoms with Crippen LogP contribution in [-0.2, 0) is 9.53 Å². The van der Waals surface area contributed by atoms with Gasteiger partial charge in [-0.3, -0.25) is 4.79 Å². The van der Waals surface area contributed by atoms with Crippen molar-refractivity contribution in [3.05, 3.63) is 0 Å². The molecule has 0 aromatic heterocycles. The number of esters is 1. The second-order valence-corrected chi connectivity index (χ2v) is 4.02. The largest absolute Gasteiger partial charge is 0.465 e. The van der Waals surface area contributed by atoms with Crippen molar-refractivity contribution >= 4 is 5.97 Å². The zero-order valence-corrected chi connectivity index (χ0v) is 11.4. The van der Waals surface area contributed by atoms with Crippen molar-refractivity contribution in [2.45, 2.75) is 39.8 Å². The smallest absolute Gasteiger partial charge is 0.322 e. The molecule has 0 aliphatic rings. The van der Waals surface area contributed by atoms with E-state index >= 15 is 0 Å². The van der Waals surface area contributed by atoms with Crippen LogP contribution in [0, 0.1) is 0 Å². The Hall–Kier alpha value is -0.650. The van der Waals surface area contributed by atoms with E-state index in [1.54, 1.807) is 13.8 Å². The first-order valence-corrected chi connectivity index (χ1v) is 6.35. The topological polar surface area (TPSA) is 61.8 Å². The van der Waals surface area contributed by atoms with Gasteiger partial charge >= 0.3 is 5.97 Å². The van der Waals surface area contributed by atoms with Gasteiger partial charge in [-0.15, -0.1) is 0 Å². The Morgan fingerprint density at radius 2 is 1.94 bits per heavy atom. The first kappa shape index (κ1) is 16.4. The van der Waals surface area contributed by atoms with Crippen molar-refractivity contribution in [1.82, 2.24) is 10.2 Å². The number of carbonyl (C=O) groups is 1. The highest BCUT2D eigenvalue weighted by atomic mass is 16.5. The Bertz CT molecular complexity index is 208. The molecule has 0 aromatic carbocycles. The molecule has 2 atom stereocenters. The average Bonchev–Trinajstić information content (AvgIpc) is 2.33. The number of aliphatic hydroxyl groups excluding tert-OH is 1. The summed E-state index contributed by atoms with van der Waals surface area (Å²) < 4.78 is 4.87. The maximum absolute atomic E-state index is 11.3. The second kappa shape index (κ2) is 9.39. The quantitative estimate of drug-likeness (QED) is 0.570. The molecule has 5 heteroatoms. The van der Waals surface area contributed by atoms with Crippen molar-refractivity contribution in [3.8, 4) is 0 Å². The lowest BCUT2D eigenvalue weighted by molar-refractivity contribution is -0.145. The molecule has 0 aliphatic heterocycles. The SMILES string of the molecule is CCOC(=O)C(C)NCC(O)CN(CC)CC. The molecule has 0 radical (unpaired) electrons. The van der Waals surface area contributed by atoms with Crippen molar-refractivity contribution in [2.24, 2.45) is 0 Å². The molecule has 0 spiro atoms. The summed E-state index contributed by atoms with van der Waals surface area (Å²) in [6.07, 6.45) is -0.466. The summed E-state index contributed by atoms with van der Waals surface area (Å²) in [7, 11) is 0. The average molecular weight is 246 g/mol. The lowest BCUT2D eigenvalue weighted by Gasteiger charge is -2.23. The molecule has 2 N–H and O–H groups in total. The lowest BCUT2D eigenvalue weighted by Crippen LogP contribution is -2.43. The first-order valence-electron chi connectivity index (χ1n) is 6.35. The fraction of sp³-hybridized carbons (Fsp3) is 0.917. The van der Waals surface area contributed by atoms with Crippen molar-refractivity contribution in [1.29, 1.82) is 0 Å². The van der Waals surface area contributed by atoms with Gasteiger partial charge in [0.2, 0.25) is 0 Å². The number of nitrogens with zero attached hydrogens (tertiary/aromatic N) is 1. The third kappa shape index (κ3) is 7.31. The Balaban J connectivity index is 3.82. The van der Waals surface area contributed by atoms with E-state index in [1.165, 1.54) is 0 Å². The zero-order chi connectivity index (χ0) is 13.3. The fourth-order valence-corrected chi connectivity index (χ4v) is 1.51. The van der Waals surface area contributed by atoms with Gasteiger partial charge < -0.3 is 20.1 Å². The highest BCUT2D eigenvalue weighted by Crippen LogP contribution is 1.93. The number of rotatable bonds is 9. The minimum atomic E-state index is -0.466. The van der Waals surface area contributed by atoms with Crippen LogP contribution in [-0.4, -0.2) is 60.9 Å². The summed E-state index contributed by atoms with van der Waals surface area (Å²) >= 11 is 0. The van der Waals surface area contributed by atoms with Gasteiger partial charge in [-0.25, -0.2) is 0 Å². The predicted octanol–water partition coefficient (Wildman–Crippen LogP) is 0.230. The minimum absolute atomic E-state index is 0.275. The zero-order valence-electron chi connectivity index (χ0n) is 11.4. The van der Waals surface area contributed by atoms with Gasteiger partial charge in [-0.1, -0.05) is 13.8 Å². The van der Waals surface area contributed by atoms with E-state index < -0.39 is 6.10 Å². The van der Waals surface area contributed by atoms with Gasteiger partial charge in [0.1, 0.15) is 6.04 Å². The highest BCUT2D eigenvalue weighted by Gasteiger charge is 2.15. The van der Waals surface area contributed by atoms with Crippen LogP contribution in [0.1, 0.15) is 27.7 Å². The van der Waals surface area contributed by atoms with E-state index in [0.717, 1.165) is 13.1 Å². The maximum atomic E-state index is 11.3. The van der Waals surface area contributed by atoms with Crippen LogP contribution < -0.4 is 5.32 Å². The molecule has 0 aliphatic carbocycles. The number of aliphatic hydroxyl groups is 1. The molecule has 0 fully saturated rings. The van der Waals surface area contributed by atoms with Gasteiger partial charge in [0.15, 0.2) is 0 Å². The molecule has 5 nitrogen and oxygen atoms in total. The van der Waals surface area contributed by atoms with Crippen molar-refractivity contribution in [2.75, 3.05) is 32.8 Å². The van der Waals surface area contributed by atoms with Gasteiger partial charge in [0.05, 0.1) is 12.7 Å². The van der Waals surface area contributed by atoms with Gasteiger partial charge in [0, 0.05) is 13.1 Å². The Kier molecular flexibility index (Phi) is 9.03. The summed E-state index contributed by atoms with van der Waals surface area (Å²) in [6.45, 7) is 10.9. The summed E-state index contributed by atoms with van der Waals surface area (Å²) in [5, 5.41) is 12.8. The number of hydrogen-bond acceptors (Lipinski definition) is 5. The number of carbonyl (C=O) groups excluding carboxylic acids is 1. The van der Waals surface area contributed by atoms with Crippen LogP contribution >= 0.6 is 0 Å². The van der Waals surface area contributed by atoms with Crippen LogP contribution in [0.4, 0.5) is 0 Å². The standard InChI is InChI=1S/C12H26N2O3/c1-5-14(6-2)9-11(15)8-13-10(4)12(16)17-7-3/h10-11,13,15H,5-9H2,1-4H3. The van der Waals surface area contributed by atoms with Crippen molar-refractivity contribution in [3.63, 3.8) is 0 Å². The van der Waals surface area contributed by atoms with Crippen LogP contribution in [0.15, 0.2) is 0 Å². The van der Waals surface area contributed by atoms with E-state index in [4.69, 9.17) is 4.74 Å². The molecule has 0 aromatic rings. The Morgan fingerprint density at radius 1 is 1.35 bits per heavy atom. The molecule has 0 rings (SSSR count). The van der Waals surface area contributed by atoms with E-state index in [1.807, 2.05) is 0 Å². The van der Waals surface area contributed by atoms with Crippen molar-refractivity contribution < 1.29 is 14.6 Å². The van der Waals surface area contributed by atoms with E-state index in [9.17, 15) is 9.90 Å². The summed E-state index contributed by atoms with van der Waals surface area (Å²) in [5.41, 5.74) is 0. The van der Waals surface area contributed by atoms with Crippen LogP contribution in [0.25, 0.3) is 0 Å². The summed E-state index contributed by atoms with van der Waals surface area (Å²) in [5.74, 6) is -0.275. The molecule has 0 heterocycles. The molecule has 102 valence electrons. The lowest BCUT2D eigenvalue weighted by atomic mass is 10.2. The van der Waals surface area contributed by atoms with Crippen LogP contribution in [0.3, 0.4) is 0 Å². The Morgan fingerprint density at radius 3 is 2.41 bits per heavy atom. The molecule has 2 unspecified atom stereocenters. The van der Waals surface area contributed by atoms with E-state index in [0.29, 0.717) is 19.7 Å². The van der Waals surface area contributed by atoms with E-state index in [-0.39, 0.29) is 12.0 Å². The highest BCUT2D eigenvalue weighted by molar-refractivity contribution is 5.75. The molecular formula is C12H26N2O3. The monoisotopic (exact) mass is 246 g/mol. The number of hydrogen-bond donors (Lipinski definition) is 2. The maximum Gasteiger partial charge on any atom is 0.322 e. The van der Waals surface area contributed by atoms with Crippen LogP contribution in [0.5, 0.6) is 0 Å². The molecule has 17 heavy (non-hydrogen) atoms. The number of nitrogens with one attached hydrogen (secondary N) is 1. The molecule has 0 amide bonds. The van der Waals surface area contributed by atoms with Gasteiger partial charge in [-0.2, -0.15) is 0 Å². The van der Waals surface area contributed by atoms with Gasteiger partial charge in [0.25, 0.3) is 0 Å². The number of ether oxygens (including phenoxy) is 1. The summed E-state index contributed by atoms with van der Waals surface area (Å²) in [4.78, 5) is 13.5. The first-order chi connectivity index (χ1) is 8.04. The Labute approximate surface area is 104 Å². The third-order valence-corrected chi connectivity index (χ3v) is 2.66. The minimum Gasteiger partial charge on any atom is -0.465 e. The molecule has 0 saturated heterocycles. The molecule has 0 bridgehead atoms. The third-order valence-electron chi connectivity index (χ3n) is 2.66. The van der Waals surface area contributed by atoms with E-state index in [2.05, 4.69) is 24.1 Å². The number of likely N-dealkylation sites (N-methyl/N-ethyl adjacent to an activating group) is 1. The fourth-order valence-electron chi connectivity index (χ4n) is 1.51. The second-order valence-electron chi connectivity index (χ2n) is 4.02. The molecule has 0 saturated carbocycles. The normalized spacial score (nSPS) is 14.7.